The minimum absolute atomic E-state index is 0. The second-order valence-electron chi connectivity index (χ2n) is 9.93. The van der Waals surface area contributed by atoms with Crippen LogP contribution < -0.4 is 0 Å². The molecule has 4 rings (SSSR count). The summed E-state index contributed by atoms with van der Waals surface area (Å²) in [6.45, 7) is 17.1. The van der Waals surface area contributed by atoms with Crippen LogP contribution in [0.1, 0.15) is 73.3 Å². The van der Waals surface area contributed by atoms with Crippen molar-refractivity contribution >= 4 is 35.8 Å². The Morgan fingerprint density at radius 3 is 2.24 bits per heavy atom. The van der Waals surface area contributed by atoms with Crippen LogP contribution in [0, 0.1) is 5.92 Å². The summed E-state index contributed by atoms with van der Waals surface area (Å²) in [5, 5.41) is 0. The predicted octanol–water partition coefficient (Wildman–Crippen LogP) is 9.49. The number of unbranched alkanes of at least 4 members (excludes halogenated alkanes) is 1. The van der Waals surface area contributed by atoms with Gasteiger partial charge in [-0.3, -0.25) is 0 Å². The molecule has 2 aliphatic carbocycles. The van der Waals surface area contributed by atoms with E-state index in [1.165, 1.54) is 41.5 Å². The fraction of sp³-hybridized carbons (Fsp3) is 0.400. The molecule has 0 saturated heterocycles. The van der Waals surface area contributed by atoms with Gasteiger partial charge >= 0.3 is 205 Å². The van der Waals surface area contributed by atoms with E-state index in [9.17, 15) is 0 Å². The van der Waals surface area contributed by atoms with Gasteiger partial charge in [-0.25, -0.2) is 0 Å². The number of allylic oxidation sites excluding steroid dienone is 5. The van der Waals surface area contributed by atoms with E-state index >= 15 is 0 Å². The van der Waals surface area contributed by atoms with Gasteiger partial charge in [0.05, 0.1) is 0 Å². The largest absolute Gasteiger partial charge is 0.147 e. The van der Waals surface area contributed by atoms with Gasteiger partial charge in [-0.1, -0.05) is 0 Å². The molecule has 0 amide bonds. The van der Waals surface area contributed by atoms with Crippen LogP contribution in [0.2, 0.25) is 13.1 Å². The van der Waals surface area contributed by atoms with Crippen LogP contribution in [0.25, 0.3) is 5.57 Å². The maximum absolute atomic E-state index is 2.71. The van der Waals surface area contributed by atoms with Gasteiger partial charge in [0.1, 0.15) is 0 Å². The number of rotatable bonds is 6. The summed E-state index contributed by atoms with van der Waals surface area (Å²) >= 11 is -1.92. The molecule has 0 heterocycles. The molecular formula is C30H40Cl2SiZr. The Bertz CT molecular complexity index is 1180. The Morgan fingerprint density at radius 2 is 1.62 bits per heavy atom. The van der Waals surface area contributed by atoms with E-state index in [0.717, 1.165) is 0 Å². The van der Waals surface area contributed by atoms with Gasteiger partial charge in [-0.15, -0.1) is 24.8 Å². The number of hydrogen-bond donors (Lipinski definition) is 0. The topological polar surface area (TPSA) is 0 Å². The molecule has 2 atom stereocenters. The van der Waals surface area contributed by atoms with Gasteiger partial charge < -0.3 is 0 Å². The van der Waals surface area contributed by atoms with Crippen molar-refractivity contribution in [1.29, 1.82) is 0 Å². The average molecular weight is 591 g/mol. The van der Waals surface area contributed by atoms with E-state index < -0.39 is 20.4 Å². The van der Waals surface area contributed by atoms with Crippen molar-refractivity contribution in [1.82, 2.24) is 0 Å². The molecule has 2 unspecified atom stereocenters. The first kappa shape index (κ1) is 29.6. The van der Waals surface area contributed by atoms with Crippen molar-refractivity contribution in [3.05, 3.63) is 96.9 Å². The molecule has 0 fully saturated rings. The SMILES string of the molecule is CCCCc1cccc(C2=C[CH]([Zr]([C]3=C(C)C(C)=C(C)C3C)=[Si](C)C)c3ccccc32)c1.Cl.Cl. The Hall–Kier alpha value is -0.660. The summed E-state index contributed by atoms with van der Waals surface area (Å²) < 4.78 is 2.59. The van der Waals surface area contributed by atoms with Crippen LogP contribution in [0.5, 0.6) is 0 Å². The van der Waals surface area contributed by atoms with Crippen LogP contribution in [0.15, 0.2) is 74.6 Å². The molecule has 0 spiro atoms. The first-order valence-electron chi connectivity index (χ1n) is 12.3. The van der Waals surface area contributed by atoms with Gasteiger partial charge in [-0.2, -0.15) is 0 Å². The summed E-state index contributed by atoms with van der Waals surface area (Å²) in [6, 6.07) is 18.7. The number of hydrogen-bond acceptors (Lipinski definition) is 0. The van der Waals surface area contributed by atoms with Gasteiger partial charge in [0.2, 0.25) is 0 Å². The molecule has 0 bridgehead atoms. The van der Waals surface area contributed by atoms with Crippen molar-refractivity contribution in [3.8, 4) is 0 Å². The van der Waals surface area contributed by atoms with E-state index in [4.69, 9.17) is 0 Å². The van der Waals surface area contributed by atoms with Crippen LogP contribution in [-0.4, -0.2) is 5.43 Å². The molecule has 0 radical (unpaired) electrons. The molecule has 2 aromatic rings. The van der Waals surface area contributed by atoms with E-state index in [1.54, 1.807) is 22.3 Å². The Labute approximate surface area is 228 Å². The molecule has 182 valence electrons. The van der Waals surface area contributed by atoms with Crippen LogP contribution in [-0.2, 0) is 26.8 Å². The van der Waals surface area contributed by atoms with E-state index in [0.29, 0.717) is 9.54 Å². The third-order valence-corrected chi connectivity index (χ3v) is 26.3. The molecule has 34 heavy (non-hydrogen) atoms. The summed E-state index contributed by atoms with van der Waals surface area (Å²) in [7, 11) is 0. The van der Waals surface area contributed by atoms with E-state index in [-0.39, 0.29) is 30.2 Å². The molecule has 0 aliphatic heterocycles. The summed E-state index contributed by atoms with van der Waals surface area (Å²) in [6.07, 6.45) is 6.43. The standard InChI is InChI=1S/C19H19.C9H13.C2H6Si.2ClH.Zr/c1-2-3-7-15-8-6-10-17(14-15)19-13-12-16-9-4-5-11-18(16)19;1-6-5-7(2)9(4)8(6)3;1-3-2;;;/h4-6,8-14H,2-3,7H2,1H3;6H,1-4H3;1-2H3;2*1H;. The van der Waals surface area contributed by atoms with E-state index in [1.807, 2.05) is 3.28 Å². The second-order valence-corrected chi connectivity index (χ2v) is 27.4. The zero-order valence-electron chi connectivity index (χ0n) is 21.8. The van der Waals surface area contributed by atoms with Crippen molar-refractivity contribution in [2.75, 3.05) is 0 Å². The Morgan fingerprint density at radius 1 is 0.912 bits per heavy atom. The van der Waals surface area contributed by atoms with Crippen molar-refractivity contribution in [2.45, 2.75) is 70.6 Å². The molecule has 2 aromatic carbocycles. The van der Waals surface area contributed by atoms with Gasteiger partial charge in [-0.05, 0) is 0 Å². The number of aryl methyl sites for hydroxylation is 1. The summed E-state index contributed by atoms with van der Waals surface area (Å²) in [5.41, 5.74) is 12.0. The summed E-state index contributed by atoms with van der Waals surface area (Å²) in [5.74, 6) is 0.659. The normalized spacial score (nSPS) is 18.9. The first-order valence-corrected chi connectivity index (χ1v) is 21.1. The molecule has 0 N–H and O–H groups in total. The summed E-state index contributed by atoms with van der Waals surface area (Å²) in [4.78, 5) is 0. The Kier molecular flexibility index (Phi) is 10.9. The molecule has 2 aliphatic rings. The monoisotopic (exact) mass is 588 g/mol. The van der Waals surface area contributed by atoms with Gasteiger partial charge in [0, 0.05) is 0 Å². The minimum Gasteiger partial charge on any atom is -0.147 e. The zero-order valence-corrected chi connectivity index (χ0v) is 26.9. The fourth-order valence-electron chi connectivity index (χ4n) is 5.67. The van der Waals surface area contributed by atoms with Crippen molar-refractivity contribution in [3.63, 3.8) is 0 Å². The number of benzene rings is 2. The third kappa shape index (κ3) is 5.51. The smallest absolute Gasteiger partial charge is 0.147 e. The Balaban J connectivity index is 0.00000204. The van der Waals surface area contributed by atoms with Crippen LogP contribution >= 0.6 is 24.8 Å². The second kappa shape index (κ2) is 12.5. The fourth-order valence-corrected chi connectivity index (χ4v) is 25.4. The van der Waals surface area contributed by atoms with Gasteiger partial charge in [0.25, 0.3) is 0 Å². The average Bonchev–Trinajstić information content (AvgIpc) is 3.26. The van der Waals surface area contributed by atoms with Crippen molar-refractivity contribution in [2.24, 2.45) is 5.92 Å². The van der Waals surface area contributed by atoms with Crippen LogP contribution in [0.4, 0.5) is 0 Å². The maximum atomic E-state index is 2.71. The zero-order chi connectivity index (χ0) is 23.0. The maximum Gasteiger partial charge on any atom is -0.147 e. The molecule has 4 heteroatoms. The quantitative estimate of drug-likeness (QED) is 0.294. The molecular weight excluding hydrogens is 551 g/mol. The first-order chi connectivity index (χ1) is 15.3. The van der Waals surface area contributed by atoms with E-state index in [2.05, 4.69) is 102 Å². The van der Waals surface area contributed by atoms with Gasteiger partial charge in [0.15, 0.2) is 0 Å². The molecule has 0 aromatic heterocycles. The molecule has 0 nitrogen and oxygen atoms in total. The van der Waals surface area contributed by atoms with Crippen LogP contribution in [0.3, 0.4) is 0 Å². The predicted molar refractivity (Wildman–Crippen MR) is 154 cm³/mol. The molecule has 0 saturated carbocycles. The van der Waals surface area contributed by atoms with Crippen molar-refractivity contribution < 1.29 is 20.4 Å². The number of fused-ring (bicyclic) bond motifs is 1. The third-order valence-electron chi connectivity index (χ3n) is 7.76. The number of halogens is 2. The minimum atomic E-state index is -1.92.